The molecule has 228 valence electrons. The van der Waals surface area contributed by atoms with Crippen molar-refractivity contribution in [1.29, 1.82) is 0 Å². The van der Waals surface area contributed by atoms with Gasteiger partial charge in [-0.2, -0.15) is 13.2 Å². The van der Waals surface area contributed by atoms with Crippen molar-refractivity contribution in [3.05, 3.63) is 99.6 Å². The number of carbonyl (C=O) groups excluding carboxylic acids is 4. The Labute approximate surface area is 256 Å². The van der Waals surface area contributed by atoms with Crippen molar-refractivity contribution in [3.63, 3.8) is 0 Å². The first-order chi connectivity index (χ1) is 21.0. The van der Waals surface area contributed by atoms with Crippen molar-refractivity contribution in [3.8, 4) is 0 Å². The van der Waals surface area contributed by atoms with Crippen LogP contribution in [0.15, 0.2) is 66.7 Å². The van der Waals surface area contributed by atoms with Gasteiger partial charge >= 0.3 is 12.1 Å². The Balaban J connectivity index is 1.23. The fourth-order valence-electron chi connectivity index (χ4n) is 6.97. The lowest BCUT2D eigenvalue weighted by molar-refractivity contribution is -0.160. The van der Waals surface area contributed by atoms with E-state index in [2.05, 4.69) is 5.32 Å². The average Bonchev–Trinajstić information content (AvgIpc) is 3.27. The van der Waals surface area contributed by atoms with Gasteiger partial charge in [-0.25, -0.2) is 4.79 Å². The molecule has 4 aliphatic rings. The number of rotatable bonds is 8. The summed E-state index contributed by atoms with van der Waals surface area (Å²) in [5.74, 6) is -4.80. The van der Waals surface area contributed by atoms with E-state index in [1.807, 2.05) is 55.5 Å². The van der Waals surface area contributed by atoms with Gasteiger partial charge < -0.3 is 10.1 Å². The molecule has 3 atom stereocenters. The molecule has 3 aliphatic carbocycles. The molecule has 3 aromatic carbocycles. The van der Waals surface area contributed by atoms with Crippen LogP contribution in [0.4, 0.5) is 18.9 Å². The quantitative estimate of drug-likeness (QED) is 0.235. The summed E-state index contributed by atoms with van der Waals surface area (Å²) in [5, 5.41) is 2.10. The van der Waals surface area contributed by atoms with Crippen LogP contribution in [-0.4, -0.2) is 41.2 Å². The molecule has 0 radical (unpaired) electrons. The number of hydrogen-bond donors (Lipinski definition) is 1. The largest absolute Gasteiger partial charge is 0.454 e. The Bertz CT molecular complexity index is 1560. The Hall–Kier alpha value is -4.18. The highest BCUT2D eigenvalue weighted by molar-refractivity contribution is 6.33. The molecule has 3 amide bonds. The zero-order valence-electron chi connectivity index (χ0n) is 23.6. The highest BCUT2D eigenvalue weighted by atomic mass is 35.5. The maximum absolute atomic E-state index is 14.1. The minimum atomic E-state index is -4.66. The lowest BCUT2D eigenvalue weighted by Gasteiger charge is -2.45. The first-order valence-electron chi connectivity index (χ1n) is 14.4. The molecular formula is C33H28ClF3N2O5. The molecule has 2 bridgehead atoms. The first kappa shape index (κ1) is 29.9. The fraction of sp³-hybridized carbons (Fsp3) is 0.333. The van der Waals surface area contributed by atoms with Gasteiger partial charge in [0.1, 0.15) is 6.04 Å². The van der Waals surface area contributed by atoms with Gasteiger partial charge in [0.25, 0.3) is 5.91 Å². The van der Waals surface area contributed by atoms with Crippen LogP contribution in [0.3, 0.4) is 0 Å². The van der Waals surface area contributed by atoms with Crippen LogP contribution in [0.2, 0.25) is 5.02 Å². The van der Waals surface area contributed by atoms with Gasteiger partial charge in [-0.15, -0.1) is 0 Å². The van der Waals surface area contributed by atoms with E-state index in [4.69, 9.17) is 16.3 Å². The van der Waals surface area contributed by atoms with Gasteiger partial charge in [0.2, 0.25) is 11.8 Å². The zero-order valence-corrected chi connectivity index (χ0v) is 24.3. The van der Waals surface area contributed by atoms with E-state index in [9.17, 15) is 32.3 Å². The maximum Gasteiger partial charge on any atom is 0.416 e. The average molecular weight is 625 g/mol. The number of halogens is 4. The molecule has 44 heavy (non-hydrogen) atoms. The highest BCUT2D eigenvalue weighted by Crippen LogP contribution is 2.61. The Morgan fingerprint density at radius 2 is 1.43 bits per heavy atom. The lowest BCUT2D eigenvalue weighted by atomic mass is 9.55. The topological polar surface area (TPSA) is 92.8 Å². The molecule has 0 spiro atoms. The summed E-state index contributed by atoms with van der Waals surface area (Å²) < 4.78 is 44.6. The van der Waals surface area contributed by atoms with Crippen molar-refractivity contribution in [2.75, 3.05) is 11.9 Å². The molecular weight excluding hydrogens is 597 g/mol. The molecule has 3 aromatic rings. The van der Waals surface area contributed by atoms with Crippen LogP contribution in [-0.2, 0) is 30.1 Å². The van der Waals surface area contributed by atoms with E-state index in [-0.39, 0.29) is 29.0 Å². The summed E-state index contributed by atoms with van der Waals surface area (Å²) in [6.45, 7) is 1.05. The standard InChI is InChI=1S/C33H28ClF3N2O5/c1-2-3-12-24(32(43)44-16-25(40)38-23-15-17(33(35,36)37)13-14-22(23)34)39-30(41)28-26-18-8-4-5-9-19(18)27(29(28)31(39)42)21-11-7-6-10-20(21)26/h4-11,13-15,24,26-29H,2-3,12,16H2,1H3,(H,38,40)/t24-,26?,27?,28+,29+/m1/s1. The van der Waals surface area contributed by atoms with Crippen molar-refractivity contribution >= 4 is 41.0 Å². The SMILES string of the molecule is CCCC[C@H](C(=O)OCC(=O)Nc1cc(C(F)(F)F)ccc1Cl)N1C(=O)[C@H]2C3c4ccccc4C(c4ccccc43)[C@@H]2C1=O. The second kappa shape index (κ2) is 11.4. The maximum atomic E-state index is 14.1. The third-order valence-electron chi connectivity index (χ3n) is 8.81. The minimum absolute atomic E-state index is 0.133. The van der Waals surface area contributed by atoms with E-state index >= 15 is 0 Å². The van der Waals surface area contributed by atoms with Crippen molar-refractivity contribution < 1.29 is 37.1 Å². The number of esters is 1. The minimum Gasteiger partial charge on any atom is -0.454 e. The van der Waals surface area contributed by atoms with E-state index in [0.29, 0.717) is 18.9 Å². The van der Waals surface area contributed by atoms with Crippen LogP contribution in [0, 0.1) is 11.8 Å². The molecule has 1 saturated heterocycles. The molecule has 7 rings (SSSR count). The lowest BCUT2D eigenvalue weighted by Crippen LogP contribution is -2.47. The third-order valence-corrected chi connectivity index (χ3v) is 9.14. The van der Waals surface area contributed by atoms with Crippen LogP contribution < -0.4 is 5.32 Å². The number of anilines is 1. The number of likely N-dealkylation sites (tertiary alicyclic amines) is 1. The second-order valence-electron chi connectivity index (χ2n) is 11.3. The first-order valence-corrected chi connectivity index (χ1v) is 14.8. The van der Waals surface area contributed by atoms with Crippen molar-refractivity contribution in [1.82, 2.24) is 4.90 Å². The van der Waals surface area contributed by atoms with E-state index < -0.39 is 59.9 Å². The summed E-state index contributed by atoms with van der Waals surface area (Å²) in [4.78, 5) is 55.3. The molecule has 0 aromatic heterocycles. The van der Waals surface area contributed by atoms with E-state index in [1.54, 1.807) is 0 Å². The molecule has 0 saturated carbocycles. The summed E-state index contributed by atoms with van der Waals surface area (Å²) in [6, 6.07) is 16.8. The van der Waals surface area contributed by atoms with Crippen LogP contribution in [0.1, 0.15) is 65.8 Å². The second-order valence-corrected chi connectivity index (χ2v) is 11.7. The van der Waals surface area contributed by atoms with Crippen LogP contribution in [0.25, 0.3) is 0 Å². The number of hydrogen-bond acceptors (Lipinski definition) is 5. The highest BCUT2D eigenvalue weighted by Gasteiger charge is 2.63. The van der Waals surface area contributed by atoms with Gasteiger partial charge in [-0.3, -0.25) is 19.3 Å². The van der Waals surface area contributed by atoms with Crippen molar-refractivity contribution in [2.24, 2.45) is 11.8 Å². The van der Waals surface area contributed by atoms with Gasteiger partial charge in [-0.05, 0) is 46.9 Å². The smallest absolute Gasteiger partial charge is 0.416 e. The number of unbranched alkanes of at least 4 members (excludes halogenated alkanes) is 1. The number of amides is 3. The normalized spacial score (nSPS) is 22.2. The van der Waals surface area contributed by atoms with E-state index in [0.717, 1.165) is 39.3 Å². The molecule has 0 unspecified atom stereocenters. The predicted octanol–water partition coefficient (Wildman–Crippen LogP) is 6.29. The predicted molar refractivity (Wildman–Crippen MR) is 155 cm³/mol. The third kappa shape index (κ3) is 4.95. The molecule has 11 heteroatoms. The number of ether oxygens (including phenoxy) is 1. The van der Waals surface area contributed by atoms with Gasteiger partial charge in [0, 0.05) is 11.8 Å². The van der Waals surface area contributed by atoms with E-state index in [1.165, 1.54) is 0 Å². The summed E-state index contributed by atoms with van der Waals surface area (Å²) in [5.41, 5.74) is 2.68. The van der Waals surface area contributed by atoms with Crippen LogP contribution >= 0.6 is 11.6 Å². The molecule has 1 N–H and O–H groups in total. The molecule has 1 heterocycles. The number of nitrogens with zero attached hydrogens (tertiary/aromatic N) is 1. The summed E-state index contributed by atoms with van der Waals surface area (Å²) in [6.07, 6.45) is -3.34. The van der Waals surface area contributed by atoms with Crippen LogP contribution in [0.5, 0.6) is 0 Å². The zero-order chi connectivity index (χ0) is 31.3. The summed E-state index contributed by atoms with van der Waals surface area (Å²) in [7, 11) is 0. The van der Waals surface area contributed by atoms with Crippen molar-refractivity contribution in [2.45, 2.75) is 50.2 Å². The Morgan fingerprint density at radius 1 is 0.909 bits per heavy atom. The monoisotopic (exact) mass is 624 g/mol. The number of imide groups is 1. The fourth-order valence-corrected chi connectivity index (χ4v) is 7.14. The Morgan fingerprint density at radius 3 is 1.91 bits per heavy atom. The molecule has 1 aliphatic heterocycles. The Kier molecular flexibility index (Phi) is 7.73. The molecule has 1 fully saturated rings. The van der Waals surface area contributed by atoms with Gasteiger partial charge in [0.15, 0.2) is 6.61 Å². The molecule has 7 nitrogen and oxygen atoms in total. The number of nitrogens with one attached hydrogen (secondary N) is 1. The number of alkyl halides is 3. The van der Waals surface area contributed by atoms with Gasteiger partial charge in [-0.1, -0.05) is 79.9 Å². The summed E-state index contributed by atoms with van der Waals surface area (Å²) >= 11 is 5.96. The number of benzene rings is 3. The van der Waals surface area contributed by atoms with Gasteiger partial charge in [0.05, 0.1) is 28.1 Å². The number of carbonyl (C=O) groups is 4.